The average Bonchev–Trinajstić information content (AvgIpc) is 2.92. The molecule has 0 fully saturated rings. The van der Waals surface area contributed by atoms with Crippen LogP contribution in [0, 0.1) is 0 Å². The number of rotatable bonds is 3. The molecule has 4 aromatic carbocycles. The summed E-state index contributed by atoms with van der Waals surface area (Å²) in [6.07, 6.45) is 2.08. The lowest BCUT2D eigenvalue weighted by Crippen LogP contribution is -2.29. The number of hydrogen-bond donors (Lipinski definition) is 0. The van der Waals surface area contributed by atoms with Crippen LogP contribution in [0.2, 0.25) is 0 Å². The zero-order chi connectivity index (χ0) is 19.6. The lowest BCUT2D eigenvalue weighted by Gasteiger charge is -2.23. The van der Waals surface area contributed by atoms with Gasteiger partial charge >= 0.3 is 0 Å². The van der Waals surface area contributed by atoms with Crippen LogP contribution in [0.4, 0.5) is 0 Å². The van der Waals surface area contributed by atoms with E-state index in [0.29, 0.717) is 13.1 Å². The molecule has 29 heavy (non-hydrogen) atoms. The van der Waals surface area contributed by atoms with Crippen LogP contribution in [-0.2, 0) is 17.9 Å². The summed E-state index contributed by atoms with van der Waals surface area (Å²) in [7, 11) is 0. The molecule has 0 saturated heterocycles. The lowest BCUT2D eigenvalue weighted by molar-refractivity contribution is -0.126. The summed E-state index contributed by atoms with van der Waals surface area (Å²) in [4.78, 5) is 15.6. The molecule has 0 spiro atoms. The molecule has 1 aliphatic heterocycles. The van der Waals surface area contributed by atoms with Crippen molar-refractivity contribution in [1.82, 2.24) is 4.90 Å². The zero-order valence-electron chi connectivity index (χ0n) is 16.1. The van der Waals surface area contributed by atoms with Gasteiger partial charge in [-0.1, -0.05) is 97.1 Å². The maximum atomic E-state index is 13.6. The van der Waals surface area contributed by atoms with Gasteiger partial charge in [-0.2, -0.15) is 0 Å². The molecule has 0 aliphatic carbocycles. The summed E-state index contributed by atoms with van der Waals surface area (Å²) in [5, 5.41) is 2.38. The van der Waals surface area contributed by atoms with Crippen LogP contribution in [0.25, 0.3) is 22.4 Å². The Kier molecular flexibility index (Phi) is 4.45. The molecule has 2 heteroatoms. The fraction of sp³-hybridized carbons (Fsp3) is 0.0741. The third-order valence-electron chi connectivity index (χ3n) is 5.53. The van der Waals surface area contributed by atoms with Gasteiger partial charge in [0.2, 0.25) is 0 Å². The van der Waals surface area contributed by atoms with E-state index in [9.17, 15) is 4.79 Å². The maximum absolute atomic E-state index is 13.6. The Bertz CT molecular complexity index is 1210. The first-order chi connectivity index (χ1) is 14.3. The Morgan fingerprint density at radius 3 is 2.21 bits per heavy atom. The highest BCUT2D eigenvalue weighted by molar-refractivity contribution is 6.25. The minimum Gasteiger partial charge on any atom is -0.330 e. The van der Waals surface area contributed by atoms with Gasteiger partial charge in [-0.15, -0.1) is 0 Å². The number of hydrogen-bond acceptors (Lipinski definition) is 1. The highest BCUT2D eigenvalue weighted by Gasteiger charge is 2.25. The molecule has 5 rings (SSSR count). The van der Waals surface area contributed by atoms with Crippen LogP contribution in [-0.4, -0.2) is 10.8 Å². The van der Waals surface area contributed by atoms with Gasteiger partial charge in [0.1, 0.15) is 0 Å². The van der Waals surface area contributed by atoms with Crippen LogP contribution < -0.4 is 0 Å². The molecule has 0 radical (unpaired) electrons. The minimum atomic E-state index is 0.0698. The van der Waals surface area contributed by atoms with Crippen molar-refractivity contribution < 1.29 is 4.79 Å². The standard InChI is InChI=1S/C27H21NO/c29-27-26(21-11-5-2-6-12-21)17-25-23(16-15-22-13-7-8-14-24(22)25)19-28(27)18-20-9-3-1-4-10-20/h1-17H,18-19H2. The SMILES string of the molecule is O=C1C(c2ccccc2)=Cc2c(ccc3ccccc23)CN1Cc1ccccc1. The largest absolute Gasteiger partial charge is 0.330 e. The van der Waals surface area contributed by atoms with Gasteiger partial charge in [-0.25, -0.2) is 0 Å². The van der Waals surface area contributed by atoms with Crippen molar-refractivity contribution in [3.8, 4) is 0 Å². The van der Waals surface area contributed by atoms with E-state index in [-0.39, 0.29) is 5.91 Å². The van der Waals surface area contributed by atoms with Crippen molar-refractivity contribution in [2.24, 2.45) is 0 Å². The molecule has 0 bridgehead atoms. The number of carbonyl (C=O) groups excluding carboxylic acids is 1. The van der Waals surface area contributed by atoms with Crippen LogP contribution in [0.1, 0.15) is 22.3 Å². The van der Waals surface area contributed by atoms with Gasteiger partial charge in [0.15, 0.2) is 0 Å². The maximum Gasteiger partial charge on any atom is 0.255 e. The number of amides is 1. The molecule has 0 N–H and O–H groups in total. The minimum absolute atomic E-state index is 0.0698. The van der Waals surface area contributed by atoms with Gasteiger partial charge in [0, 0.05) is 18.7 Å². The van der Waals surface area contributed by atoms with Crippen molar-refractivity contribution in [2.45, 2.75) is 13.1 Å². The van der Waals surface area contributed by atoms with Gasteiger partial charge in [0.05, 0.1) is 0 Å². The zero-order valence-corrected chi connectivity index (χ0v) is 16.1. The highest BCUT2D eigenvalue weighted by Crippen LogP contribution is 2.33. The summed E-state index contributed by atoms with van der Waals surface area (Å²) in [5.41, 5.74) is 5.16. The Labute approximate surface area is 170 Å². The number of carbonyl (C=O) groups is 1. The van der Waals surface area contributed by atoms with E-state index in [2.05, 4.69) is 54.6 Å². The molecular formula is C27H21NO. The second kappa shape index (κ2) is 7.40. The normalized spacial score (nSPS) is 13.7. The summed E-state index contributed by atoms with van der Waals surface area (Å²) < 4.78 is 0. The first-order valence-corrected chi connectivity index (χ1v) is 9.90. The Morgan fingerprint density at radius 1 is 0.724 bits per heavy atom. The third-order valence-corrected chi connectivity index (χ3v) is 5.53. The Morgan fingerprint density at radius 2 is 1.41 bits per heavy atom. The monoisotopic (exact) mass is 375 g/mol. The molecule has 1 amide bonds. The van der Waals surface area contributed by atoms with E-state index in [1.807, 2.05) is 53.4 Å². The summed E-state index contributed by atoms with van der Waals surface area (Å²) >= 11 is 0. The van der Waals surface area contributed by atoms with Crippen molar-refractivity contribution in [1.29, 1.82) is 0 Å². The van der Waals surface area contributed by atoms with Crippen molar-refractivity contribution in [2.75, 3.05) is 0 Å². The van der Waals surface area contributed by atoms with Gasteiger partial charge in [-0.3, -0.25) is 4.79 Å². The molecule has 1 heterocycles. The molecule has 0 unspecified atom stereocenters. The summed E-state index contributed by atoms with van der Waals surface area (Å²) in [6, 6.07) is 32.9. The fourth-order valence-corrected chi connectivity index (χ4v) is 4.06. The molecular weight excluding hydrogens is 354 g/mol. The van der Waals surface area contributed by atoms with Crippen LogP contribution in [0.3, 0.4) is 0 Å². The first-order valence-electron chi connectivity index (χ1n) is 9.90. The molecule has 0 saturated carbocycles. The lowest BCUT2D eigenvalue weighted by atomic mass is 9.96. The highest BCUT2D eigenvalue weighted by atomic mass is 16.2. The molecule has 1 aliphatic rings. The van der Waals surface area contributed by atoms with E-state index in [4.69, 9.17) is 0 Å². The first kappa shape index (κ1) is 17.4. The Hall–Kier alpha value is -3.65. The topological polar surface area (TPSA) is 20.3 Å². The predicted molar refractivity (Wildman–Crippen MR) is 119 cm³/mol. The van der Waals surface area contributed by atoms with E-state index >= 15 is 0 Å². The van der Waals surface area contributed by atoms with Crippen LogP contribution >= 0.6 is 0 Å². The third kappa shape index (κ3) is 3.34. The molecule has 4 aromatic rings. The van der Waals surface area contributed by atoms with E-state index < -0.39 is 0 Å². The van der Waals surface area contributed by atoms with Crippen LogP contribution in [0.15, 0.2) is 97.1 Å². The molecule has 0 aromatic heterocycles. The second-order valence-corrected chi connectivity index (χ2v) is 7.43. The predicted octanol–water partition coefficient (Wildman–Crippen LogP) is 5.92. The van der Waals surface area contributed by atoms with E-state index in [1.54, 1.807) is 0 Å². The van der Waals surface area contributed by atoms with Crippen molar-refractivity contribution in [3.05, 3.63) is 119 Å². The molecule has 2 nitrogen and oxygen atoms in total. The number of fused-ring (bicyclic) bond motifs is 3. The number of nitrogens with zero attached hydrogens (tertiary/aromatic N) is 1. The number of benzene rings is 4. The van der Waals surface area contributed by atoms with Gasteiger partial charge in [-0.05, 0) is 39.1 Å². The second-order valence-electron chi connectivity index (χ2n) is 7.43. The fourth-order valence-electron chi connectivity index (χ4n) is 4.06. The Balaban J connectivity index is 1.69. The van der Waals surface area contributed by atoms with E-state index in [1.165, 1.54) is 16.3 Å². The summed E-state index contributed by atoms with van der Waals surface area (Å²) in [6.45, 7) is 1.19. The molecule has 0 atom stereocenters. The van der Waals surface area contributed by atoms with Crippen molar-refractivity contribution in [3.63, 3.8) is 0 Å². The average molecular weight is 375 g/mol. The van der Waals surface area contributed by atoms with E-state index in [0.717, 1.165) is 22.3 Å². The molecule has 140 valence electrons. The van der Waals surface area contributed by atoms with Gasteiger partial charge < -0.3 is 4.90 Å². The smallest absolute Gasteiger partial charge is 0.255 e. The quantitative estimate of drug-likeness (QED) is 0.435. The summed E-state index contributed by atoms with van der Waals surface area (Å²) in [5.74, 6) is 0.0698. The van der Waals surface area contributed by atoms with Crippen LogP contribution in [0.5, 0.6) is 0 Å². The van der Waals surface area contributed by atoms with Gasteiger partial charge in [0.25, 0.3) is 5.91 Å². The van der Waals surface area contributed by atoms with Crippen molar-refractivity contribution >= 4 is 28.3 Å².